The second kappa shape index (κ2) is 25.7. The Kier molecular flexibility index (Phi) is 17.6. The molecule has 0 saturated carbocycles. The lowest BCUT2D eigenvalue weighted by molar-refractivity contribution is -0.137. The molecule has 6 aromatic heterocycles. The van der Waals surface area contributed by atoms with E-state index in [1.807, 2.05) is 84.5 Å². The van der Waals surface area contributed by atoms with Crippen molar-refractivity contribution in [3.05, 3.63) is 158 Å². The van der Waals surface area contributed by atoms with E-state index in [4.69, 9.17) is 34.8 Å². The van der Waals surface area contributed by atoms with Crippen molar-refractivity contribution >= 4 is 123 Å². The van der Waals surface area contributed by atoms with E-state index < -0.39 is 21.8 Å². The maximum atomic E-state index is 13.2. The van der Waals surface area contributed by atoms with Crippen LogP contribution in [0.15, 0.2) is 91.5 Å². The number of halogens is 6. The van der Waals surface area contributed by atoms with Gasteiger partial charge in [0.2, 0.25) is 15.9 Å². The molecular weight excluding hydrogens is 1290 g/mol. The molecule has 2 saturated heterocycles. The van der Waals surface area contributed by atoms with Crippen molar-refractivity contribution < 1.29 is 26.4 Å². The van der Waals surface area contributed by atoms with Crippen LogP contribution >= 0.6 is 34.8 Å². The Hall–Kier alpha value is -8.36. The van der Waals surface area contributed by atoms with Gasteiger partial charge in [-0.25, -0.2) is 22.7 Å². The number of piperidine rings is 2. The molecule has 0 atom stereocenters. The number of sulfonamides is 1. The first kappa shape index (κ1) is 64.4. The number of fused-ring (bicyclic) bond motifs is 7. The molecule has 11 heterocycles. The van der Waals surface area contributed by atoms with Crippen LogP contribution in [0.25, 0.3) is 43.6 Å². The third-order valence-corrected chi connectivity index (χ3v) is 21.3. The Balaban J connectivity index is 0.000000114. The summed E-state index contributed by atoms with van der Waals surface area (Å²) >= 11 is 18.8. The lowest BCUT2D eigenvalue weighted by Crippen LogP contribution is -2.48. The smallest absolute Gasteiger partial charge is 0.371 e. The zero-order valence-electron chi connectivity index (χ0n) is 52.9. The molecular formula is C66H72Cl3F3N18O3S. The van der Waals surface area contributed by atoms with Crippen molar-refractivity contribution in [1.82, 2.24) is 64.2 Å². The fraction of sp³-hybridized carbons (Fsp3) is 0.379. The SMILES string of the molecule is CC(=O)Nc1ccc2c(c1)CCN(c1cc(Cl)cc3[nH]ncc13)C2.CS(=O)(=O)N1CCC2(CCN(c3cc(Cl)cc4[nH]ncc34)CC2)CC1.Cc1nc2c(n1C)CN(c1cc(C(F)(F)F)cc3[nH]ncc13)CC2.Cc1nc2c(n1C)CN(c1cc(Cl)cc3[nH]ncc13)CC2. The number of alkyl halides is 3. The van der Waals surface area contributed by atoms with Gasteiger partial charge in [-0.2, -0.15) is 33.6 Å². The molecule has 21 nitrogen and oxygen atoms in total. The van der Waals surface area contributed by atoms with Gasteiger partial charge >= 0.3 is 6.18 Å². The van der Waals surface area contributed by atoms with Crippen molar-refractivity contribution in [2.45, 2.75) is 91.5 Å². The molecule has 492 valence electrons. The number of aromatic nitrogens is 12. The number of carbonyl (C=O) groups is 1. The number of carbonyl (C=O) groups excluding carboxylic acids is 1. The molecule has 5 aliphatic heterocycles. The molecule has 11 aromatic rings. The van der Waals surface area contributed by atoms with Crippen molar-refractivity contribution in [1.29, 1.82) is 0 Å². The van der Waals surface area contributed by atoms with E-state index in [1.165, 1.54) is 41.8 Å². The molecule has 94 heavy (non-hydrogen) atoms. The zero-order valence-corrected chi connectivity index (χ0v) is 56.0. The Bertz CT molecular complexity index is 4770. The third-order valence-electron chi connectivity index (χ3n) is 19.3. The topological polar surface area (TPSA) is 230 Å². The second-order valence-electron chi connectivity index (χ2n) is 25.1. The first-order valence-electron chi connectivity index (χ1n) is 31.2. The first-order valence-corrected chi connectivity index (χ1v) is 34.2. The van der Waals surface area contributed by atoms with Gasteiger partial charge in [0.05, 0.1) is 94.5 Å². The minimum absolute atomic E-state index is 0.0475. The number of nitrogens with zero attached hydrogens (tertiary/aromatic N) is 13. The van der Waals surface area contributed by atoms with E-state index in [-0.39, 0.29) is 11.3 Å². The second-order valence-corrected chi connectivity index (χ2v) is 28.4. The number of amides is 1. The molecule has 0 unspecified atom stereocenters. The summed E-state index contributed by atoms with van der Waals surface area (Å²) in [4.78, 5) is 29.4. The summed E-state index contributed by atoms with van der Waals surface area (Å²) in [5.41, 5.74) is 14.8. The fourth-order valence-electron chi connectivity index (χ4n) is 13.9. The number of imidazole rings is 2. The highest BCUT2D eigenvalue weighted by Crippen LogP contribution is 2.45. The summed E-state index contributed by atoms with van der Waals surface area (Å²) in [7, 11) is 0.954. The van der Waals surface area contributed by atoms with Crippen LogP contribution in [0.1, 0.15) is 83.7 Å². The Morgan fingerprint density at radius 2 is 0.957 bits per heavy atom. The molecule has 5 aromatic carbocycles. The summed E-state index contributed by atoms with van der Waals surface area (Å²) in [5.74, 6) is 1.94. The van der Waals surface area contributed by atoms with Crippen LogP contribution in [0.2, 0.25) is 15.1 Å². The molecule has 28 heteroatoms. The predicted molar refractivity (Wildman–Crippen MR) is 365 cm³/mol. The van der Waals surface area contributed by atoms with Gasteiger partial charge in [0.15, 0.2) is 0 Å². The predicted octanol–water partition coefficient (Wildman–Crippen LogP) is 12.6. The van der Waals surface area contributed by atoms with E-state index in [9.17, 15) is 26.4 Å². The van der Waals surface area contributed by atoms with Crippen LogP contribution in [0.3, 0.4) is 0 Å². The summed E-state index contributed by atoms with van der Waals surface area (Å²) in [6, 6.07) is 20.2. The summed E-state index contributed by atoms with van der Waals surface area (Å²) in [5, 5.41) is 36.9. The molecule has 16 rings (SSSR count). The van der Waals surface area contributed by atoms with Gasteiger partial charge in [-0.15, -0.1) is 0 Å². The van der Waals surface area contributed by atoms with Gasteiger partial charge in [0, 0.05) is 151 Å². The number of aromatic amines is 4. The van der Waals surface area contributed by atoms with E-state index in [2.05, 4.69) is 101 Å². The number of benzene rings is 5. The van der Waals surface area contributed by atoms with E-state index in [0.717, 1.165) is 167 Å². The molecule has 1 spiro atoms. The number of H-pyrrole nitrogens is 4. The first-order chi connectivity index (χ1) is 44.9. The lowest BCUT2D eigenvalue weighted by Gasteiger charge is -2.47. The van der Waals surface area contributed by atoms with Gasteiger partial charge in [-0.3, -0.25) is 25.2 Å². The third kappa shape index (κ3) is 13.2. The van der Waals surface area contributed by atoms with Gasteiger partial charge in [0.25, 0.3) is 0 Å². The highest BCUT2D eigenvalue weighted by Gasteiger charge is 2.40. The van der Waals surface area contributed by atoms with Crippen molar-refractivity contribution in [3.63, 3.8) is 0 Å². The number of aryl methyl sites for hydroxylation is 2. The van der Waals surface area contributed by atoms with Crippen molar-refractivity contribution in [3.8, 4) is 0 Å². The fourth-order valence-corrected chi connectivity index (χ4v) is 15.4. The normalized spacial score (nSPS) is 16.5. The number of nitrogens with one attached hydrogen (secondary N) is 5. The van der Waals surface area contributed by atoms with Crippen molar-refractivity contribution in [2.75, 3.05) is 77.0 Å². The highest BCUT2D eigenvalue weighted by atomic mass is 35.5. The summed E-state index contributed by atoms with van der Waals surface area (Å²) < 4.78 is 68.9. The van der Waals surface area contributed by atoms with Crippen LogP contribution in [-0.2, 0) is 74.0 Å². The minimum Gasteiger partial charge on any atom is -0.371 e. The highest BCUT2D eigenvalue weighted by molar-refractivity contribution is 7.88. The molecule has 5 N–H and O–H groups in total. The maximum absolute atomic E-state index is 13.2. The summed E-state index contributed by atoms with van der Waals surface area (Å²) in [6.45, 7) is 13.4. The van der Waals surface area contributed by atoms with E-state index >= 15 is 0 Å². The molecule has 0 bridgehead atoms. The van der Waals surface area contributed by atoms with E-state index in [1.54, 1.807) is 10.5 Å². The number of anilines is 5. The molecule has 5 aliphatic rings. The van der Waals surface area contributed by atoms with Crippen LogP contribution in [0.5, 0.6) is 0 Å². The maximum Gasteiger partial charge on any atom is 0.416 e. The van der Waals surface area contributed by atoms with Crippen LogP contribution in [-0.4, -0.2) is 131 Å². The van der Waals surface area contributed by atoms with Crippen LogP contribution < -0.4 is 24.9 Å². The monoisotopic (exact) mass is 1360 g/mol. The molecule has 2 fully saturated rings. The molecule has 0 radical (unpaired) electrons. The molecule has 1 amide bonds. The lowest BCUT2D eigenvalue weighted by atomic mass is 9.71. The largest absolute Gasteiger partial charge is 0.416 e. The minimum atomic E-state index is -4.39. The van der Waals surface area contributed by atoms with Crippen molar-refractivity contribution in [2.24, 2.45) is 19.5 Å². The number of hydrogen-bond donors (Lipinski definition) is 5. The van der Waals surface area contributed by atoms with Gasteiger partial charge < -0.3 is 34.1 Å². The van der Waals surface area contributed by atoms with Gasteiger partial charge in [-0.1, -0.05) is 40.9 Å². The average molecular weight is 1360 g/mol. The van der Waals surface area contributed by atoms with Gasteiger partial charge in [0.1, 0.15) is 11.6 Å². The quantitative estimate of drug-likeness (QED) is 0.104. The Labute approximate surface area is 556 Å². The number of hydrogen-bond acceptors (Lipinski definition) is 13. The van der Waals surface area contributed by atoms with E-state index in [0.29, 0.717) is 59.2 Å². The molecule has 0 aliphatic carbocycles. The van der Waals surface area contributed by atoms with Crippen LogP contribution in [0, 0.1) is 19.3 Å². The zero-order chi connectivity index (χ0) is 66.0. The average Bonchev–Trinajstić information content (AvgIpc) is 1.43. The number of rotatable bonds is 6. The Morgan fingerprint density at radius 3 is 1.40 bits per heavy atom. The Morgan fingerprint density at radius 1 is 0.543 bits per heavy atom. The van der Waals surface area contributed by atoms with Gasteiger partial charge in [-0.05, 0) is 123 Å². The summed E-state index contributed by atoms with van der Waals surface area (Å²) in [6.07, 6.45) is 10.8. The standard InChI is InChI=1S/C18H17ClN4O.C17H23ClN4O2S.C16H16F3N5.C15H16ClN5/c1-11(24)21-15-3-2-13-10-23(5-4-12(13)6-15)18-8-14(19)7-17-16(18)9-20-22-17;1-25(23,24)22-8-4-17(5-9-22)2-6-21(7-3-17)16-11-13(18)10-15-14(16)12-19-20-15;1-9-21-12-3-4-24(8-15(12)23(9)2)14-6-10(16(17,18)19)5-13-11(14)7-20-22-13;1-9-18-12-3-4-21(8-15(12)20(9)2)14-6-10(16)5-13-11(14)7-17-19-13/h2-3,6-9H,4-5,10H2,1H3,(H,20,22)(H,21,24);10-12H,2-9H2,1H3,(H,19,20);5-7H,3-4,8H2,1-2H3,(H,20,22);5-7H,3-4,8H2,1-2H3,(H,17,19). The van der Waals surface area contributed by atoms with Crippen LogP contribution in [0.4, 0.5) is 41.6 Å².